The van der Waals surface area contributed by atoms with Crippen LogP contribution in [0.5, 0.6) is 5.75 Å². The first kappa shape index (κ1) is 13.3. The molecule has 0 bridgehead atoms. The number of aryl methyl sites for hydroxylation is 1. The minimum atomic E-state index is 0.496. The van der Waals surface area contributed by atoms with E-state index < -0.39 is 0 Å². The third kappa shape index (κ3) is 2.48. The van der Waals surface area contributed by atoms with Gasteiger partial charge >= 0.3 is 0 Å². The Kier molecular flexibility index (Phi) is 3.61. The molecule has 0 aliphatic heterocycles. The Labute approximate surface area is 124 Å². The van der Waals surface area contributed by atoms with Crippen LogP contribution in [0.3, 0.4) is 0 Å². The Hall–Kier alpha value is -2.73. The van der Waals surface area contributed by atoms with E-state index in [0.717, 1.165) is 27.9 Å². The number of methoxy groups -OCH3 is 1. The Bertz CT molecular complexity index is 797. The molecule has 2 aromatic carbocycles. The molecule has 1 aromatic heterocycles. The first-order valence-corrected chi connectivity index (χ1v) is 6.93. The van der Waals surface area contributed by atoms with Crippen LogP contribution in [0.4, 0.5) is 0 Å². The molecule has 3 rings (SSSR count). The second kappa shape index (κ2) is 5.72. The number of rotatable bonds is 4. The molecule has 0 N–H and O–H groups in total. The fraction of sp³-hybridized carbons (Fsp3) is 0.167. The molecule has 0 amide bonds. The third-order valence-electron chi connectivity index (χ3n) is 3.63. The van der Waals surface area contributed by atoms with E-state index >= 15 is 0 Å². The van der Waals surface area contributed by atoms with Crippen LogP contribution in [0.2, 0.25) is 0 Å². The minimum absolute atomic E-state index is 0.496. The highest BCUT2D eigenvalue weighted by Gasteiger charge is 2.11. The van der Waals surface area contributed by atoms with Crippen LogP contribution in [0.25, 0.3) is 22.2 Å². The lowest BCUT2D eigenvalue weighted by molar-refractivity contribution is 0.415. The maximum atomic E-state index is 8.90. The maximum absolute atomic E-state index is 8.90. The monoisotopic (exact) mass is 276 g/mol. The quantitative estimate of drug-likeness (QED) is 0.715. The molecule has 0 unspecified atom stereocenters. The number of hydrogen-bond donors (Lipinski definition) is 0. The fourth-order valence-corrected chi connectivity index (χ4v) is 2.63. The van der Waals surface area contributed by atoms with Gasteiger partial charge in [0.2, 0.25) is 0 Å². The van der Waals surface area contributed by atoms with Gasteiger partial charge in [0, 0.05) is 23.1 Å². The summed E-state index contributed by atoms with van der Waals surface area (Å²) in [4.78, 5) is 0. The summed E-state index contributed by atoms with van der Waals surface area (Å²) in [5.41, 5.74) is 3.42. The second-order valence-corrected chi connectivity index (χ2v) is 4.88. The van der Waals surface area contributed by atoms with Crippen molar-refractivity contribution in [3.63, 3.8) is 0 Å². The van der Waals surface area contributed by atoms with Crippen LogP contribution in [0.15, 0.2) is 54.6 Å². The zero-order valence-electron chi connectivity index (χ0n) is 11.9. The first-order valence-electron chi connectivity index (χ1n) is 6.93. The van der Waals surface area contributed by atoms with Gasteiger partial charge in [0.05, 0.1) is 19.6 Å². The molecule has 104 valence electrons. The van der Waals surface area contributed by atoms with E-state index in [-0.39, 0.29) is 0 Å². The maximum Gasteiger partial charge on any atom is 0.119 e. The molecular weight excluding hydrogens is 260 g/mol. The van der Waals surface area contributed by atoms with Gasteiger partial charge in [-0.05, 0) is 29.8 Å². The van der Waals surface area contributed by atoms with Crippen molar-refractivity contribution in [3.05, 3.63) is 54.6 Å². The number of nitrogens with zero attached hydrogens (tertiary/aromatic N) is 2. The summed E-state index contributed by atoms with van der Waals surface area (Å²) in [7, 11) is 1.67. The Morgan fingerprint density at radius 3 is 2.62 bits per heavy atom. The van der Waals surface area contributed by atoms with Crippen molar-refractivity contribution in [2.45, 2.75) is 13.0 Å². The molecule has 0 spiro atoms. The molecule has 0 saturated carbocycles. The molecule has 0 aliphatic rings. The summed E-state index contributed by atoms with van der Waals surface area (Å²) in [5.74, 6) is 0.847. The van der Waals surface area contributed by atoms with E-state index in [4.69, 9.17) is 10.00 Å². The van der Waals surface area contributed by atoms with Gasteiger partial charge in [0.25, 0.3) is 0 Å². The number of nitriles is 1. The van der Waals surface area contributed by atoms with Gasteiger partial charge in [-0.25, -0.2) is 0 Å². The number of benzene rings is 2. The van der Waals surface area contributed by atoms with Crippen LogP contribution < -0.4 is 4.74 Å². The van der Waals surface area contributed by atoms with Crippen molar-refractivity contribution < 1.29 is 4.74 Å². The summed E-state index contributed by atoms with van der Waals surface area (Å²) in [5, 5.41) is 10.0. The standard InChI is InChI=1S/C18H16N2O/c1-21-16-8-9-17-15(12-16)13-18(20(17)11-5-10-19)14-6-3-2-4-7-14/h2-4,6-9,12-13H,5,11H2,1H3. The number of hydrogen-bond acceptors (Lipinski definition) is 2. The lowest BCUT2D eigenvalue weighted by Crippen LogP contribution is -1.99. The SMILES string of the molecule is COc1ccc2c(c1)cc(-c1ccccc1)n2CCC#N. The Morgan fingerprint density at radius 1 is 1.10 bits per heavy atom. The van der Waals surface area contributed by atoms with Crippen molar-refractivity contribution in [2.75, 3.05) is 7.11 Å². The highest BCUT2D eigenvalue weighted by molar-refractivity contribution is 5.88. The average Bonchev–Trinajstić information content (AvgIpc) is 2.91. The van der Waals surface area contributed by atoms with Gasteiger partial charge in [-0.1, -0.05) is 30.3 Å². The van der Waals surface area contributed by atoms with Crippen molar-refractivity contribution in [1.29, 1.82) is 5.26 Å². The van der Waals surface area contributed by atoms with Crippen molar-refractivity contribution >= 4 is 10.9 Å². The number of ether oxygens (including phenoxy) is 1. The Morgan fingerprint density at radius 2 is 1.90 bits per heavy atom. The van der Waals surface area contributed by atoms with Gasteiger partial charge < -0.3 is 9.30 Å². The van der Waals surface area contributed by atoms with Crippen LogP contribution in [0, 0.1) is 11.3 Å². The third-order valence-corrected chi connectivity index (χ3v) is 3.63. The first-order chi connectivity index (χ1) is 10.3. The topological polar surface area (TPSA) is 38.0 Å². The van der Waals surface area contributed by atoms with E-state index in [1.807, 2.05) is 30.3 Å². The van der Waals surface area contributed by atoms with E-state index in [0.29, 0.717) is 13.0 Å². The van der Waals surface area contributed by atoms with Crippen molar-refractivity contribution in [3.8, 4) is 23.1 Å². The number of aromatic nitrogens is 1. The fourth-order valence-electron chi connectivity index (χ4n) is 2.63. The number of fused-ring (bicyclic) bond motifs is 1. The van der Waals surface area contributed by atoms with Crippen LogP contribution in [-0.2, 0) is 6.54 Å². The second-order valence-electron chi connectivity index (χ2n) is 4.88. The van der Waals surface area contributed by atoms with Gasteiger partial charge in [0.15, 0.2) is 0 Å². The van der Waals surface area contributed by atoms with Crippen molar-refractivity contribution in [2.24, 2.45) is 0 Å². The average molecular weight is 276 g/mol. The molecule has 0 atom stereocenters. The van der Waals surface area contributed by atoms with E-state index in [1.165, 1.54) is 0 Å². The molecule has 3 aromatic rings. The Balaban J connectivity index is 2.20. The molecule has 0 saturated heterocycles. The lowest BCUT2D eigenvalue weighted by Gasteiger charge is -2.09. The lowest BCUT2D eigenvalue weighted by atomic mass is 10.1. The largest absolute Gasteiger partial charge is 0.497 e. The smallest absolute Gasteiger partial charge is 0.119 e. The van der Waals surface area contributed by atoms with Crippen molar-refractivity contribution in [1.82, 2.24) is 4.57 Å². The predicted octanol–water partition coefficient (Wildman–Crippen LogP) is 4.23. The van der Waals surface area contributed by atoms with Gasteiger partial charge in [-0.2, -0.15) is 5.26 Å². The summed E-state index contributed by atoms with van der Waals surface area (Å²) in [6.07, 6.45) is 0.496. The minimum Gasteiger partial charge on any atom is -0.497 e. The summed E-state index contributed by atoms with van der Waals surface area (Å²) in [6.45, 7) is 0.691. The summed E-state index contributed by atoms with van der Waals surface area (Å²) in [6, 6.07) is 20.7. The van der Waals surface area contributed by atoms with Gasteiger partial charge in [-0.3, -0.25) is 0 Å². The molecule has 0 aliphatic carbocycles. The van der Waals surface area contributed by atoms with Crippen LogP contribution in [0.1, 0.15) is 6.42 Å². The molecule has 3 heteroatoms. The molecular formula is C18H16N2O. The van der Waals surface area contributed by atoms with Crippen LogP contribution in [-0.4, -0.2) is 11.7 Å². The zero-order chi connectivity index (χ0) is 14.7. The predicted molar refractivity (Wildman–Crippen MR) is 84.2 cm³/mol. The summed E-state index contributed by atoms with van der Waals surface area (Å²) < 4.78 is 7.50. The molecule has 3 nitrogen and oxygen atoms in total. The molecule has 1 heterocycles. The normalized spacial score (nSPS) is 10.5. The summed E-state index contributed by atoms with van der Waals surface area (Å²) >= 11 is 0. The van der Waals surface area contributed by atoms with Gasteiger partial charge in [0.1, 0.15) is 5.75 Å². The van der Waals surface area contributed by atoms with E-state index in [2.05, 4.69) is 34.9 Å². The molecule has 0 fully saturated rings. The van der Waals surface area contributed by atoms with Gasteiger partial charge in [-0.15, -0.1) is 0 Å². The van der Waals surface area contributed by atoms with Crippen LogP contribution >= 0.6 is 0 Å². The zero-order valence-corrected chi connectivity index (χ0v) is 11.9. The van der Waals surface area contributed by atoms with E-state index in [9.17, 15) is 0 Å². The highest BCUT2D eigenvalue weighted by atomic mass is 16.5. The van der Waals surface area contributed by atoms with E-state index in [1.54, 1.807) is 7.11 Å². The molecule has 0 radical (unpaired) electrons. The highest BCUT2D eigenvalue weighted by Crippen LogP contribution is 2.30. The molecule has 21 heavy (non-hydrogen) atoms.